The Balaban J connectivity index is 1.55. The third kappa shape index (κ3) is 5.70. The number of hydrogen-bond acceptors (Lipinski definition) is 5. The molecule has 1 N–H and O–H groups in total. The van der Waals surface area contributed by atoms with Gasteiger partial charge < -0.3 is 9.47 Å². The molecule has 3 aromatic carbocycles. The zero-order valence-corrected chi connectivity index (χ0v) is 20.0. The molecule has 0 atom stereocenters. The third-order valence-corrected chi connectivity index (χ3v) is 5.47. The number of amides is 4. The number of rotatable bonds is 7. The third-order valence-electron chi connectivity index (χ3n) is 5.23. The predicted octanol–water partition coefficient (Wildman–Crippen LogP) is 5.08. The molecule has 1 heterocycles. The number of aryl methyl sites for hydroxylation is 2. The summed E-state index contributed by atoms with van der Waals surface area (Å²) in [5.74, 6) is -0.387. The number of urea groups is 1. The van der Waals surface area contributed by atoms with Crippen molar-refractivity contribution in [3.05, 3.63) is 94.0 Å². The van der Waals surface area contributed by atoms with E-state index in [9.17, 15) is 14.4 Å². The molecule has 35 heavy (non-hydrogen) atoms. The summed E-state index contributed by atoms with van der Waals surface area (Å²) < 4.78 is 11.6. The van der Waals surface area contributed by atoms with Crippen molar-refractivity contribution in [3.63, 3.8) is 0 Å². The van der Waals surface area contributed by atoms with Gasteiger partial charge in [-0.3, -0.25) is 14.9 Å². The number of carbonyl (C=O) groups excluding carboxylic acids is 3. The molecule has 1 fully saturated rings. The molecule has 0 aromatic heterocycles. The quantitative estimate of drug-likeness (QED) is 0.283. The summed E-state index contributed by atoms with van der Waals surface area (Å²) in [6.45, 7) is 4.33. The van der Waals surface area contributed by atoms with Crippen LogP contribution in [0.25, 0.3) is 6.08 Å². The van der Waals surface area contributed by atoms with Crippen LogP contribution < -0.4 is 19.7 Å². The molecular weight excluding hydrogens is 468 g/mol. The van der Waals surface area contributed by atoms with Crippen molar-refractivity contribution in [1.82, 2.24) is 5.32 Å². The number of anilines is 1. The van der Waals surface area contributed by atoms with Crippen molar-refractivity contribution in [3.8, 4) is 11.5 Å². The second kappa shape index (κ2) is 10.4. The number of benzene rings is 3. The Morgan fingerprint density at radius 1 is 0.886 bits per heavy atom. The van der Waals surface area contributed by atoms with Crippen molar-refractivity contribution >= 4 is 41.2 Å². The van der Waals surface area contributed by atoms with Gasteiger partial charge in [-0.2, -0.15) is 0 Å². The van der Waals surface area contributed by atoms with Crippen molar-refractivity contribution in [2.24, 2.45) is 0 Å². The average Bonchev–Trinajstić information content (AvgIpc) is 2.80. The highest BCUT2D eigenvalue weighted by Crippen LogP contribution is 2.28. The van der Waals surface area contributed by atoms with E-state index >= 15 is 0 Å². The van der Waals surface area contributed by atoms with Crippen LogP contribution in [0.2, 0.25) is 5.02 Å². The van der Waals surface area contributed by atoms with Crippen LogP contribution in [0.3, 0.4) is 0 Å². The van der Waals surface area contributed by atoms with Gasteiger partial charge in [-0.05, 0) is 73.5 Å². The first kappa shape index (κ1) is 24.0. The number of imide groups is 2. The molecule has 0 aliphatic carbocycles. The summed E-state index contributed by atoms with van der Waals surface area (Å²) in [6.07, 6.45) is 1.37. The molecule has 0 saturated carbocycles. The normalized spacial score (nSPS) is 14.8. The second-order valence-corrected chi connectivity index (χ2v) is 8.43. The maximum Gasteiger partial charge on any atom is 0.335 e. The Hall–Kier alpha value is -4.10. The zero-order chi connectivity index (χ0) is 24.9. The molecule has 4 rings (SSSR count). The van der Waals surface area contributed by atoms with Crippen LogP contribution >= 0.6 is 11.6 Å². The van der Waals surface area contributed by atoms with E-state index in [1.54, 1.807) is 36.4 Å². The molecule has 4 amide bonds. The molecule has 0 radical (unpaired) electrons. The molecule has 1 saturated heterocycles. The molecule has 7 nitrogen and oxygen atoms in total. The first-order valence-electron chi connectivity index (χ1n) is 10.9. The Morgan fingerprint density at radius 3 is 2.34 bits per heavy atom. The van der Waals surface area contributed by atoms with Crippen LogP contribution in [0.5, 0.6) is 11.5 Å². The van der Waals surface area contributed by atoms with Crippen LogP contribution in [0.4, 0.5) is 10.5 Å². The van der Waals surface area contributed by atoms with E-state index in [2.05, 4.69) is 5.32 Å². The Labute approximate surface area is 207 Å². The van der Waals surface area contributed by atoms with Crippen LogP contribution in [0.1, 0.15) is 16.7 Å². The number of barbiturate groups is 1. The van der Waals surface area contributed by atoms with Gasteiger partial charge >= 0.3 is 6.03 Å². The fourth-order valence-corrected chi connectivity index (χ4v) is 3.77. The topological polar surface area (TPSA) is 84.9 Å². The van der Waals surface area contributed by atoms with E-state index in [0.29, 0.717) is 22.0 Å². The molecule has 0 bridgehead atoms. The highest BCUT2D eigenvalue weighted by atomic mass is 35.5. The standard InChI is InChI=1S/C27H23ClN2O5/c1-17-5-3-7-21(13-17)30-26(32)23(25(31)29-27(30)33)16-19-15-20(28)9-10-24(19)35-12-11-34-22-8-4-6-18(2)14-22/h3-10,13-16H,11-12H2,1-2H3,(H,29,31,33). The van der Waals surface area contributed by atoms with Gasteiger partial charge in [0.15, 0.2) is 0 Å². The maximum atomic E-state index is 13.2. The molecule has 3 aromatic rings. The lowest BCUT2D eigenvalue weighted by atomic mass is 10.1. The minimum absolute atomic E-state index is 0.214. The van der Waals surface area contributed by atoms with E-state index in [1.807, 2.05) is 44.2 Å². The maximum absolute atomic E-state index is 13.2. The molecule has 0 unspecified atom stereocenters. The van der Waals surface area contributed by atoms with E-state index in [1.165, 1.54) is 6.08 Å². The summed E-state index contributed by atoms with van der Waals surface area (Å²) in [4.78, 5) is 39.1. The minimum Gasteiger partial charge on any atom is -0.490 e. The Bertz CT molecular complexity index is 1330. The van der Waals surface area contributed by atoms with Gasteiger partial charge in [-0.1, -0.05) is 35.9 Å². The van der Waals surface area contributed by atoms with Gasteiger partial charge in [0.1, 0.15) is 30.3 Å². The van der Waals surface area contributed by atoms with E-state index < -0.39 is 17.8 Å². The molecule has 1 aliphatic rings. The summed E-state index contributed by atoms with van der Waals surface area (Å²) in [6, 6.07) is 18.6. The first-order valence-corrected chi connectivity index (χ1v) is 11.3. The fraction of sp³-hybridized carbons (Fsp3) is 0.148. The molecule has 0 spiro atoms. The number of nitrogens with one attached hydrogen (secondary N) is 1. The highest BCUT2D eigenvalue weighted by molar-refractivity contribution is 6.39. The summed E-state index contributed by atoms with van der Waals surface area (Å²) in [7, 11) is 0. The van der Waals surface area contributed by atoms with Crippen molar-refractivity contribution in [2.75, 3.05) is 18.1 Å². The first-order chi connectivity index (χ1) is 16.8. The largest absolute Gasteiger partial charge is 0.490 e. The Kier molecular flexibility index (Phi) is 7.17. The van der Waals surface area contributed by atoms with Gasteiger partial charge in [0.25, 0.3) is 11.8 Å². The van der Waals surface area contributed by atoms with Crippen LogP contribution in [-0.4, -0.2) is 31.1 Å². The monoisotopic (exact) mass is 490 g/mol. The summed E-state index contributed by atoms with van der Waals surface area (Å²) in [5.41, 5.74) is 2.52. The molecule has 178 valence electrons. The van der Waals surface area contributed by atoms with E-state index in [-0.39, 0.29) is 18.8 Å². The molecule has 8 heteroatoms. The highest BCUT2D eigenvalue weighted by Gasteiger charge is 2.37. The van der Waals surface area contributed by atoms with Gasteiger partial charge in [-0.15, -0.1) is 0 Å². The van der Waals surface area contributed by atoms with Gasteiger partial charge in [0.05, 0.1) is 5.69 Å². The number of hydrogen-bond donors (Lipinski definition) is 1. The molecular formula is C27H23ClN2O5. The van der Waals surface area contributed by atoms with Gasteiger partial charge in [0, 0.05) is 10.6 Å². The summed E-state index contributed by atoms with van der Waals surface area (Å²) >= 11 is 6.17. The van der Waals surface area contributed by atoms with Crippen LogP contribution in [0.15, 0.2) is 72.3 Å². The van der Waals surface area contributed by atoms with Crippen molar-refractivity contribution in [2.45, 2.75) is 13.8 Å². The fourth-order valence-electron chi connectivity index (χ4n) is 3.59. The van der Waals surface area contributed by atoms with Gasteiger partial charge in [0.2, 0.25) is 0 Å². The van der Waals surface area contributed by atoms with E-state index in [4.69, 9.17) is 21.1 Å². The smallest absolute Gasteiger partial charge is 0.335 e. The van der Waals surface area contributed by atoms with Crippen molar-refractivity contribution in [1.29, 1.82) is 0 Å². The summed E-state index contributed by atoms with van der Waals surface area (Å²) in [5, 5.41) is 2.62. The predicted molar refractivity (Wildman–Crippen MR) is 134 cm³/mol. The number of ether oxygens (including phenoxy) is 2. The van der Waals surface area contributed by atoms with Gasteiger partial charge in [-0.25, -0.2) is 9.69 Å². The van der Waals surface area contributed by atoms with Crippen molar-refractivity contribution < 1.29 is 23.9 Å². The number of nitrogens with zero attached hydrogens (tertiary/aromatic N) is 1. The number of carbonyl (C=O) groups is 3. The second-order valence-electron chi connectivity index (χ2n) is 7.99. The zero-order valence-electron chi connectivity index (χ0n) is 19.2. The lowest BCUT2D eigenvalue weighted by molar-refractivity contribution is -0.122. The number of halogens is 1. The Morgan fingerprint density at radius 2 is 1.60 bits per heavy atom. The van der Waals surface area contributed by atoms with Crippen LogP contribution in [0, 0.1) is 13.8 Å². The lowest BCUT2D eigenvalue weighted by Gasteiger charge is -2.26. The minimum atomic E-state index is -0.807. The SMILES string of the molecule is Cc1cccc(OCCOc2ccc(Cl)cc2C=C2C(=O)NC(=O)N(c3cccc(C)c3)C2=O)c1. The molecule has 1 aliphatic heterocycles. The van der Waals surface area contributed by atoms with Crippen LogP contribution in [-0.2, 0) is 9.59 Å². The lowest BCUT2D eigenvalue weighted by Crippen LogP contribution is -2.54. The average molecular weight is 491 g/mol. The van der Waals surface area contributed by atoms with E-state index in [0.717, 1.165) is 21.8 Å².